The fraction of sp³-hybridized carbons (Fsp3) is 0.172. The smallest absolute Gasteiger partial charge is 0.294 e. The molecule has 4 rings (SSSR count). The Morgan fingerprint density at radius 2 is 1.68 bits per heavy atom. The third-order valence-corrected chi connectivity index (χ3v) is 6.69. The summed E-state index contributed by atoms with van der Waals surface area (Å²) in [6.07, 6.45) is 1.54. The molecule has 1 aliphatic rings. The van der Waals surface area contributed by atoms with Gasteiger partial charge >= 0.3 is 0 Å². The van der Waals surface area contributed by atoms with E-state index in [9.17, 15) is 19.2 Å². The van der Waals surface area contributed by atoms with E-state index in [0.29, 0.717) is 40.1 Å². The zero-order chi connectivity index (χ0) is 28.6. The van der Waals surface area contributed by atoms with Crippen LogP contribution in [0.15, 0.2) is 71.6 Å². The molecule has 40 heavy (non-hydrogen) atoms. The fourth-order valence-electron chi connectivity index (χ4n) is 3.68. The van der Waals surface area contributed by atoms with E-state index in [-0.39, 0.29) is 17.4 Å². The number of nitrogens with one attached hydrogen (secondary N) is 2. The van der Waals surface area contributed by atoms with E-state index >= 15 is 0 Å². The van der Waals surface area contributed by atoms with Gasteiger partial charge in [-0.1, -0.05) is 41.4 Å². The summed E-state index contributed by atoms with van der Waals surface area (Å²) < 4.78 is 11.3. The molecule has 2 N–H and O–H groups in total. The monoisotopic (exact) mass is 579 g/mol. The molecule has 3 aromatic rings. The summed E-state index contributed by atoms with van der Waals surface area (Å²) in [7, 11) is 0. The summed E-state index contributed by atoms with van der Waals surface area (Å²) >= 11 is 6.70. The highest BCUT2D eigenvalue weighted by atomic mass is 35.5. The number of halogens is 1. The fourth-order valence-corrected chi connectivity index (χ4v) is 4.71. The Balaban J connectivity index is 1.40. The number of rotatable bonds is 10. The van der Waals surface area contributed by atoms with E-state index < -0.39 is 23.6 Å². The van der Waals surface area contributed by atoms with Crippen LogP contribution >= 0.6 is 23.4 Å². The van der Waals surface area contributed by atoms with Crippen LogP contribution in [0.1, 0.15) is 18.1 Å². The number of carbonyl (C=O) groups excluding carboxylic acids is 4. The molecule has 0 aliphatic carbocycles. The lowest BCUT2D eigenvalue weighted by atomic mass is 10.2. The third-order valence-electron chi connectivity index (χ3n) is 5.54. The Bertz CT molecular complexity index is 1470. The highest BCUT2D eigenvalue weighted by Gasteiger charge is 2.36. The minimum absolute atomic E-state index is 0.171. The largest absolute Gasteiger partial charge is 0.490 e. The summed E-state index contributed by atoms with van der Waals surface area (Å²) in [6, 6.07) is 18.9. The third kappa shape index (κ3) is 7.64. The van der Waals surface area contributed by atoms with Crippen LogP contribution in [0.5, 0.6) is 11.5 Å². The highest BCUT2D eigenvalue weighted by molar-refractivity contribution is 8.18. The molecular weight excluding hydrogens is 554 g/mol. The number of imide groups is 1. The number of benzene rings is 3. The quantitative estimate of drug-likeness (QED) is 0.294. The molecule has 206 valence electrons. The number of hydrogen-bond donors (Lipinski definition) is 2. The van der Waals surface area contributed by atoms with Crippen molar-refractivity contribution in [3.05, 3.63) is 87.8 Å². The lowest BCUT2D eigenvalue weighted by Crippen LogP contribution is -2.36. The Labute approximate surface area is 240 Å². The number of hydrogen-bond acceptors (Lipinski definition) is 7. The van der Waals surface area contributed by atoms with Gasteiger partial charge in [0.1, 0.15) is 6.54 Å². The minimum Gasteiger partial charge on any atom is -0.490 e. The summed E-state index contributed by atoms with van der Waals surface area (Å²) in [4.78, 5) is 51.2. The van der Waals surface area contributed by atoms with Crippen molar-refractivity contribution in [1.82, 2.24) is 4.90 Å². The van der Waals surface area contributed by atoms with Crippen LogP contribution in [-0.2, 0) is 14.4 Å². The molecule has 0 atom stereocenters. The van der Waals surface area contributed by atoms with E-state index in [1.807, 2.05) is 19.1 Å². The number of ether oxygens (including phenoxy) is 2. The molecule has 1 heterocycles. The normalized spacial score (nSPS) is 13.9. The van der Waals surface area contributed by atoms with Gasteiger partial charge in [0, 0.05) is 16.4 Å². The average molecular weight is 580 g/mol. The molecular formula is C29H26ClN3O6S. The number of nitrogens with zero attached hydrogens (tertiary/aromatic N) is 1. The van der Waals surface area contributed by atoms with Gasteiger partial charge in [0.15, 0.2) is 18.1 Å². The van der Waals surface area contributed by atoms with Gasteiger partial charge in [0.25, 0.3) is 17.1 Å². The topological polar surface area (TPSA) is 114 Å². The van der Waals surface area contributed by atoms with Crippen molar-refractivity contribution < 1.29 is 28.7 Å². The SMILES string of the molecule is CCOc1cc(/C=C2/SC(=O)N(CC(=O)Nc3ccc(C)cc3)C2=O)ccc1OCC(=O)Nc1cccc(Cl)c1. The van der Waals surface area contributed by atoms with Crippen LogP contribution < -0.4 is 20.1 Å². The molecule has 0 radical (unpaired) electrons. The van der Waals surface area contributed by atoms with E-state index in [1.54, 1.807) is 67.6 Å². The number of carbonyl (C=O) groups is 4. The van der Waals surface area contributed by atoms with Crippen molar-refractivity contribution in [2.24, 2.45) is 0 Å². The maximum Gasteiger partial charge on any atom is 0.294 e. The Morgan fingerprint density at radius 3 is 2.40 bits per heavy atom. The van der Waals surface area contributed by atoms with Gasteiger partial charge in [0.05, 0.1) is 11.5 Å². The molecule has 0 aromatic heterocycles. The van der Waals surface area contributed by atoms with Crippen LogP contribution in [0.2, 0.25) is 5.02 Å². The number of amides is 4. The second-order valence-corrected chi connectivity index (χ2v) is 10.1. The first kappa shape index (κ1) is 28.7. The first-order chi connectivity index (χ1) is 19.2. The Kier molecular flexibility index (Phi) is 9.47. The molecule has 0 saturated carbocycles. The van der Waals surface area contributed by atoms with Crippen LogP contribution in [0.3, 0.4) is 0 Å². The molecule has 3 aromatic carbocycles. The minimum atomic E-state index is -0.565. The lowest BCUT2D eigenvalue weighted by Gasteiger charge is -2.13. The molecule has 4 amide bonds. The van der Waals surface area contributed by atoms with Crippen molar-refractivity contribution in [2.75, 3.05) is 30.4 Å². The zero-order valence-electron chi connectivity index (χ0n) is 21.7. The molecule has 0 spiro atoms. The van der Waals surface area contributed by atoms with E-state index in [4.69, 9.17) is 21.1 Å². The van der Waals surface area contributed by atoms with Gasteiger partial charge in [-0.3, -0.25) is 24.1 Å². The highest BCUT2D eigenvalue weighted by Crippen LogP contribution is 2.34. The van der Waals surface area contributed by atoms with Crippen molar-refractivity contribution in [1.29, 1.82) is 0 Å². The van der Waals surface area contributed by atoms with Crippen molar-refractivity contribution in [3.63, 3.8) is 0 Å². The van der Waals surface area contributed by atoms with Gasteiger partial charge in [-0.15, -0.1) is 0 Å². The van der Waals surface area contributed by atoms with Crippen molar-refractivity contribution in [3.8, 4) is 11.5 Å². The second-order valence-electron chi connectivity index (χ2n) is 8.67. The Morgan fingerprint density at radius 1 is 0.925 bits per heavy atom. The number of thioether (sulfide) groups is 1. The van der Waals surface area contributed by atoms with Gasteiger partial charge in [-0.25, -0.2) is 0 Å². The second kappa shape index (κ2) is 13.2. The van der Waals surface area contributed by atoms with Crippen LogP contribution in [0.25, 0.3) is 6.08 Å². The Hall–Kier alpha value is -4.28. The molecule has 0 bridgehead atoms. The van der Waals surface area contributed by atoms with Crippen LogP contribution in [-0.4, -0.2) is 47.6 Å². The first-order valence-electron chi connectivity index (χ1n) is 12.3. The summed E-state index contributed by atoms with van der Waals surface area (Å²) in [6.45, 7) is 3.40. The lowest BCUT2D eigenvalue weighted by molar-refractivity contribution is -0.127. The van der Waals surface area contributed by atoms with Gasteiger partial charge < -0.3 is 20.1 Å². The molecule has 9 nitrogen and oxygen atoms in total. The van der Waals surface area contributed by atoms with Crippen molar-refractivity contribution in [2.45, 2.75) is 13.8 Å². The van der Waals surface area contributed by atoms with Crippen molar-refractivity contribution >= 4 is 63.8 Å². The average Bonchev–Trinajstić information content (AvgIpc) is 3.17. The summed E-state index contributed by atoms with van der Waals surface area (Å²) in [5.41, 5.74) is 2.74. The molecule has 1 aliphatic heterocycles. The maximum absolute atomic E-state index is 12.9. The zero-order valence-corrected chi connectivity index (χ0v) is 23.3. The molecule has 11 heteroatoms. The molecule has 1 saturated heterocycles. The standard InChI is InChI=1S/C29H26ClN3O6S/c1-3-38-24-13-19(9-12-23(24)39-17-27(35)32-22-6-4-5-20(30)15-22)14-25-28(36)33(29(37)40-25)16-26(34)31-21-10-7-18(2)8-11-21/h4-15H,3,16-17H2,1-2H3,(H,31,34)(H,32,35)/b25-14+. The van der Waals surface area contributed by atoms with E-state index in [0.717, 1.165) is 22.2 Å². The van der Waals surface area contributed by atoms with E-state index in [1.165, 1.54) is 0 Å². The van der Waals surface area contributed by atoms with E-state index in [2.05, 4.69) is 10.6 Å². The maximum atomic E-state index is 12.9. The molecule has 0 unspecified atom stereocenters. The molecule has 1 fully saturated rings. The van der Waals surface area contributed by atoms with Gasteiger partial charge in [-0.2, -0.15) is 0 Å². The predicted octanol–water partition coefficient (Wildman–Crippen LogP) is 5.74. The number of anilines is 2. The van der Waals surface area contributed by atoms with Crippen LogP contribution in [0, 0.1) is 6.92 Å². The van der Waals surface area contributed by atoms with Gasteiger partial charge in [-0.05, 0) is 79.7 Å². The predicted molar refractivity (Wildman–Crippen MR) is 156 cm³/mol. The number of aryl methyl sites for hydroxylation is 1. The first-order valence-corrected chi connectivity index (χ1v) is 13.5. The summed E-state index contributed by atoms with van der Waals surface area (Å²) in [5, 5.41) is 5.35. The van der Waals surface area contributed by atoms with Crippen LogP contribution in [0.4, 0.5) is 16.2 Å². The summed E-state index contributed by atoms with van der Waals surface area (Å²) in [5.74, 6) is -0.726. The van der Waals surface area contributed by atoms with Gasteiger partial charge in [0.2, 0.25) is 5.91 Å².